The lowest BCUT2D eigenvalue weighted by Gasteiger charge is -2.12. The molecule has 2 heterocycles. The predicted molar refractivity (Wildman–Crippen MR) is 133 cm³/mol. The largest absolute Gasteiger partial charge is 0.497 e. The molecule has 3 aromatic carbocycles. The number of nitrogens with zero attached hydrogens (tertiary/aromatic N) is 4. The van der Waals surface area contributed by atoms with Crippen LogP contribution < -0.4 is 20.3 Å². The molecule has 2 aromatic heterocycles. The quantitative estimate of drug-likeness (QED) is 0.407. The molecule has 0 aliphatic heterocycles. The molecule has 5 aromatic rings. The molecule has 0 aliphatic carbocycles. The standard InChI is InChI=1S/C26H23N5O4/c1-16-9-11-20-21(13-16)30(15-17-7-5-4-6-8-17)26(33)24-28-23(29-31(20)24)25(32)27-19-14-18(34-2)10-12-22(19)35-3/h4-14H,15H2,1-3H3,(H,27,32). The lowest BCUT2D eigenvalue weighted by molar-refractivity contribution is 0.101. The average molecular weight is 470 g/mol. The second-order valence-electron chi connectivity index (χ2n) is 8.06. The van der Waals surface area contributed by atoms with E-state index in [1.165, 1.54) is 18.7 Å². The predicted octanol–water partition coefficient (Wildman–Crippen LogP) is 3.67. The van der Waals surface area contributed by atoms with E-state index in [2.05, 4.69) is 15.4 Å². The van der Waals surface area contributed by atoms with E-state index in [9.17, 15) is 9.59 Å². The Labute approximate surface area is 200 Å². The van der Waals surface area contributed by atoms with Crippen LogP contribution in [0.3, 0.4) is 0 Å². The van der Waals surface area contributed by atoms with E-state index in [4.69, 9.17) is 9.47 Å². The van der Waals surface area contributed by atoms with Gasteiger partial charge in [-0.25, -0.2) is 4.52 Å². The number of aromatic nitrogens is 4. The third-order valence-corrected chi connectivity index (χ3v) is 5.73. The minimum atomic E-state index is -0.575. The molecular formula is C26H23N5O4. The fraction of sp³-hybridized carbons (Fsp3) is 0.154. The number of carbonyl (C=O) groups excluding carboxylic acids is 1. The minimum Gasteiger partial charge on any atom is -0.497 e. The lowest BCUT2D eigenvalue weighted by Crippen LogP contribution is -2.24. The maximum atomic E-state index is 13.5. The first-order chi connectivity index (χ1) is 17.0. The Bertz CT molecular complexity index is 1620. The first-order valence-electron chi connectivity index (χ1n) is 11.0. The van der Waals surface area contributed by atoms with Gasteiger partial charge in [0.05, 0.1) is 37.5 Å². The smallest absolute Gasteiger partial charge is 0.296 e. The number of carbonyl (C=O) groups is 1. The van der Waals surface area contributed by atoms with Gasteiger partial charge >= 0.3 is 0 Å². The monoisotopic (exact) mass is 469 g/mol. The van der Waals surface area contributed by atoms with E-state index >= 15 is 0 Å². The number of nitrogens with one attached hydrogen (secondary N) is 1. The van der Waals surface area contributed by atoms with Crippen molar-refractivity contribution in [3.63, 3.8) is 0 Å². The molecule has 1 amide bonds. The van der Waals surface area contributed by atoms with Gasteiger partial charge in [-0.15, -0.1) is 5.10 Å². The summed E-state index contributed by atoms with van der Waals surface area (Å²) in [5, 5.41) is 7.14. The number of anilines is 1. The van der Waals surface area contributed by atoms with Crippen LogP contribution >= 0.6 is 0 Å². The molecular weight excluding hydrogens is 446 g/mol. The van der Waals surface area contributed by atoms with E-state index in [1.807, 2.05) is 55.5 Å². The lowest BCUT2D eigenvalue weighted by atomic mass is 10.2. The second-order valence-corrected chi connectivity index (χ2v) is 8.06. The summed E-state index contributed by atoms with van der Waals surface area (Å²) in [6.45, 7) is 2.33. The zero-order valence-electron chi connectivity index (χ0n) is 19.5. The van der Waals surface area contributed by atoms with Crippen molar-refractivity contribution in [2.24, 2.45) is 0 Å². The van der Waals surface area contributed by atoms with Gasteiger partial charge in [-0.3, -0.25) is 14.2 Å². The topological polar surface area (TPSA) is 99.8 Å². The fourth-order valence-electron chi connectivity index (χ4n) is 3.99. The normalized spacial score (nSPS) is 11.1. The highest BCUT2D eigenvalue weighted by Crippen LogP contribution is 2.29. The average Bonchev–Trinajstić information content (AvgIpc) is 3.33. The van der Waals surface area contributed by atoms with E-state index in [0.717, 1.165) is 11.1 Å². The molecule has 0 atom stereocenters. The molecule has 0 spiro atoms. The van der Waals surface area contributed by atoms with Gasteiger partial charge in [0.15, 0.2) is 0 Å². The molecule has 9 heteroatoms. The maximum Gasteiger partial charge on any atom is 0.296 e. The Hall–Kier alpha value is -4.66. The number of hydrogen-bond donors (Lipinski definition) is 1. The van der Waals surface area contributed by atoms with Gasteiger partial charge in [0.25, 0.3) is 11.5 Å². The van der Waals surface area contributed by atoms with Crippen LogP contribution in [0, 0.1) is 6.92 Å². The molecule has 0 bridgehead atoms. The number of fused-ring (bicyclic) bond motifs is 3. The molecule has 0 unspecified atom stereocenters. The first-order valence-corrected chi connectivity index (χ1v) is 11.0. The first kappa shape index (κ1) is 22.1. The molecule has 5 rings (SSSR count). The summed E-state index contributed by atoms with van der Waals surface area (Å²) in [6.07, 6.45) is 0. The number of aryl methyl sites for hydroxylation is 1. The Morgan fingerprint density at radius 3 is 2.51 bits per heavy atom. The number of hydrogen-bond acceptors (Lipinski definition) is 6. The van der Waals surface area contributed by atoms with Crippen molar-refractivity contribution in [3.05, 3.63) is 94.0 Å². The van der Waals surface area contributed by atoms with Gasteiger partial charge in [0.2, 0.25) is 11.5 Å². The SMILES string of the molecule is COc1ccc(OC)c(NC(=O)c2nc3c(=O)n(Cc4ccccc4)c4cc(C)ccc4n3n2)c1. The van der Waals surface area contributed by atoms with Crippen molar-refractivity contribution in [1.29, 1.82) is 0 Å². The number of ether oxygens (including phenoxy) is 2. The van der Waals surface area contributed by atoms with Crippen molar-refractivity contribution >= 4 is 28.3 Å². The molecule has 1 N–H and O–H groups in total. The minimum absolute atomic E-state index is 0.0695. The van der Waals surface area contributed by atoms with Gasteiger partial charge in [0.1, 0.15) is 11.5 Å². The van der Waals surface area contributed by atoms with E-state index in [1.54, 1.807) is 22.8 Å². The van der Waals surface area contributed by atoms with Gasteiger partial charge in [-0.05, 0) is 42.3 Å². The molecule has 0 saturated carbocycles. The maximum absolute atomic E-state index is 13.5. The second kappa shape index (κ2) is 8.94. The van der Waals surface area contributed by atoms with E-state index in [-0.39, 0.29) is 17.0 Å². The summed E-state index contributed by atoms with van der Waals surface area (Å²) in [5.74, 6) is 0.295. The molecule has 0 radical (unpaired) electrons. The Balaban J connectivity index is 1.62. The Kier molecular flexibility index (Phi) is 5.66. The number of rotatable bonds is 6. The molecule has 0 saturated heterocycles. The van der Waals surface area contributed by atoms with Crippen molar-refractivity contribution in [3.8, 4) is 11.5 Å². The van der Waals surface area contributed by atoms with Gasteiger partial charge < -0.3 is 14.8 Å². The summed E-state index contributed by atoms with van der Waals surface area (Å²) >= 11 is 0. The summed E-state index contributed by atoms with van der Waals surface area (Å²) in [7, 11) is 3.04. The van der Waals surface area contributed by atoms with Crippen LogP contribution in [-0.2, 0) is 6.54 Å². The van der Waals surface area contributed by atoms with Crippen molar-refractivity contribution < 1.29 is 14.3 Å². The van der Waals surface area contributed by atoms with Crippen LogP contribution in [0.1, 0.15) is 21.7 Å². The molecule has 0 fully saturated rings. The summed E-state index contributed by atoms with van der Waals surface area (Å²) in [4.78, 5) is 30.9. The number of methoxy groups -OCH3 is 2. The van der Waals surface area contributed by atoms with Crippen LogP contribution in [0.25, 0.3) is 16.7 Å². The molecule has 176 valence electrons. The van der Waals surface area contributed by atoms with Crippen molar-refractivity contribution in [2.75, 3.05) is 19.5 Å². The van der Waals surface area contributed by atoms with Gasteiger partial charge in [-0.2, -0.15) is 4.98 Å². The van der Waals surface area contributed by atoms with Crippen LogP contribution in [0.5, 0.6) is 11.5 Å². The van der Waals surface area contributed by atoms with E-state index in [0.29, 0.717) is 34.8 Å². The summed E-state index contributed by atoms with van der Waals surface area (Å²) < 4.78 is 13.7. The van der Waals surface area contributed by atoms with Crippen LogP contribution in [0.2, 0.25) is 0 Å². The summed E-state index contributed by atoms with van der Waals surface area (Å²) in [5.41, 5.74) is 3.49. The van der Waals surface area contributed by atoms with Crippen molar-refractivity contribution in [1.82, 2.24) is 19.2 Å². The number of amides is 1. The zero-order valence-corrected chi connectivity index (χ0v) is 19.5. The molecule has 35 heavy (non-hydrogen) atoms. The highest BCUT2D eigenvalue weighted by atomic mass is 16.5. The van der Waals surface area contributed by atoms with Crippen molar-refractivity contribution in [2.45, 2.75) is 13.5 Å². The Morgan fingerprint density at radius 1 is 0.971 bits per heavy atom. The van der Waals surface area contributed by atoms with Crippen LogP contribution in [-0.4, -0.2) is 39.3 Å². The highest BCUT2D eigenvalue weighted by molar-refractivity contribution is 6.03. The molecule has 9 nitrogen and oxygen atoms in total. The van der Waals surface area contributed by atoms with Crippen LogP contribution in [0.15, 0.2) is 71.5 Å². The highest BCUT2D eigenvalue weighted by Gasteiger charge is 2.20. The van der Waals surface area contributed by atoms with Gasteiger partial charge in [0, 0.05) is 6.07 Å². The summed E-state index contributed by atoms with van der Waals surface area (Å²) in [6, 6.07) is 20.5. The third kappa shape index (κ3) is 4.08. The number of benzene rings is 3. The van der Waals surface area contributed by atoms with Crippen LogP contribution in [0.4, 0.5) is 5.69 Å². The Morgan fingerprint density at radius 2 is 1.77 bits per heavy atom. The molecule has 0 aliphatic rings. The fourth-order valence-corrected chi connectivity index (χ4v) is 3.99. The van der Waals surface area contributed by atoms with E-state index < -0.39 is 5.91 Å². The van der Waals surface area contributed by atoms with Gasteiger partial charge in [-0.1, -0.05) is 36.4 Å². The zero-order chi connectivity index (χ0) is 24.5. The third-order valence-electron chi connectivity index (χ3n) is 5.73.